The molecule has 10 heteroatoms. The van der Waals surface area contributed by atoms with Crippen LogP contribution in [0.25, 0.3) is 17.5 Å². The van der Waals surface area contributed by atoms with Crippen LogP contribution in [0.15, 0.2) is 58.6 Å². The van der Waals surface area contributed by atoms with Crippen LogP contribution in [-0.2, 0) is 9.59 Å². The molecule has 0 aliphatic rings. The number of ether oxygens (including phenoxy) is 1. The van der Waals surface area contributed by atoms with Crippen LogP contribution >= 0.6 is 23.4 Å². The predicted octanol–water partition coefficient (Wildman–Crippen LogP) is 3.81. The van der Waals surface area contributed by atoms with Gasteiger partial charge in [0.25, 0.3) is 0 Å². The lowest BCUT2D eigenvalue weighted by atomic mass is 10.2. The molecule has 0 atom stereocenters. The molecule has 0 aliphatic carbocycles. The fraction of sp³-hybridized carbons (Fsp3) is 0.0526. The molecule has 2 aromatic carbocycles. The molecule has 1 aromatic heterocycles. The lowest BCUT2D eigenvalue weighted by Gasteiger charge is -2.04. The molecule has 0 saturated carbocycles. The van der Waals surface area contributed by atoms with Crippen LogP contribution in [0.5, 0.6) is 5.75 Å². The summed E-state index contributed by atoms with van der Waals surface area (Å²) in [6.07, 6.45) is 1.43. The molecule has 148 valence electrons. The van der Waals surface area contributed by atoms with Gasteiger partial charge in [0.1, 0.15) is 10.7 Å². The zero-order chi connectivity index (χ0) is 20.8. The van der Waals surface area contributed by atoms with E-state index in [4.69, 9.17) is 21.4 Å². The summed E-state index contributed by atoms with van der Waals surface area (Å²) in [5.74, 6) is -1.45. The Hall–Kier alpha value is -3.30. The summed E-state index contributed by atoms with van der Waals surface area (Å²) in [7, 11) is 0. The molecule has 0 fully saturated rings. The molecule has 0 saturated heterocycles. The maximum absolute atomic E-state index is 11.6. The number of halogens is 1. The number of carboxylic acid groups (broad SMARTS) is 2. The lowest BCUT2D eigenvalue weighted by molar-refractivity contribution is -0.139. The van der Waals surface area contributed by atoms with Gasteiger partial charge in [0.2, 0.25) is 5.16 Å². The summed E-state index contributed by atoms with van der Waals surface area (Å²) in [6.45, 7) is -0.488. The van der Waals surface area contributed by atoms with Gasteiger partial charge in [-0.3, -0.25) is 5.10 Å². The molecule has 0 aliphatic heterocycles. The summed E-state index contributed by atoms with van der Waals surface area (Å²) >= 11 is 6.75. The number of thioether (sulfide) groups is 1. The average molecular weight is 432 g/mol. The topological polar surface area (TPSA) is 125 Å². The van der Waals surface area contributed by atoms with Crippen molar-refractivity contribution in [1.29, 1.82) is 0 Å². The quantitative estimate of drug-likeness (QED) is 0.363. The van der Waals surface area contributed by atoms with Crippen molar-refractivity contribution < 1.29 is 24.5 Å². The first-order chi connectivity index (χ1) is 13.9. The molecule has 0 amide bonds. The summed E-state index contributed by atoms with van der Waals surface area (Å²) in [6, 6.07) is 13.4. The Labute approximate surface area is 174 Å². The highest BCUT2D eigenvalue weighted by Crippen LogP contribution is 2.28. The van der Waals surface area contributed by atoms with E-state index in [2.05, 4.69) is 15.2 Å². The van der Waals surface area contributed by atoms with Gasteiger partial charge in [-0.25, -0.2) is 14.6 Å². The van der Waals surface area contributed by atoms with Crippen molar-refractivity contribution in [2.45, 2.75) is 5.16 Å². The second-order valence-electron chi connectivity index (χ2n) is 5.64. The SMILES string of the molecule is O=C(O)COc1cccc(/C=C(\Sc2n[nH]c(-c3ccc(Cl)cc3)n2)C(=O)O)c1. The molecule has 3 aromatic rings. The van der Waals surface area contributed by atoms with Crippen molar-refractivity contribution >= 4 is 41.4 Å². The first kappa shape index (κ1) is 20.4. The van der Waals surface area contributed by atoms with Crippen LogP contribution in [0.3, 0.4) is 0 Å². The van der Waals surface area contributed by atoms with Crippen molar-refractivity contribution in [3.63, 3.8) is 0 Å². The highest BCUT2D eigenvalue weighted by atomic mass is 35.5. The number of hydrogen-bond donors (Lipinski definition) is 3. The van der Waals surface area contributed by atoms with Gasteiger partial charge in [-0.2, -0.15) is 0 Å². The lowest BCUT2D eigenvalue weighted by Crippen LogP contribution is -2.09. The number of nitrogens with one attached hydrogen (secondary N) is 1. The van der Waals surface area contributed by atoms with E-state index in [0.717, 1.165) is 17.3 Å². The number of aliphatic carboxylic acids is 2. The Bertz CT molecular complexity index is 1070. The number of nitrogens with zero attached hydrogens (tertiary/aromatic N) is 2. The van der Waals surface area contributed by atoms with Crippen molar-refractivity contribution in [3.05, 3.63) is 64.0 Å². The van der Waals surface area contributed by atoms with Gasteiger partial charge in [0, 0.05) is 10.6 Å². The van der Waals surface area contributed by atoms with E-state index in [1.165, 1.54) is 6.08 Å². The Morgan fingerprint density at radius 1 is 1.17 bits per heavy atom. The van der Waals surface area contributed by atoms with E-state index in [0.29, 0.717) is 22.2 Å². The van der Waals surface area contributed by atoms with E-state index in [-0.39, 0.29) is 10.1 Å². The zero-order valence-corrected chi connectivity index (χ0v) is 16.3. The number of carboxylic acids is 2. The largest absolute Gasteiger partial charge is 0.482 e. The standard InChI is InChI=1S/C19H14ClN3O5S/c20-13-6-4-12(5-7-13)17-21-19(23-22-17)29-15(18(26)27)9-11-2-1-3-14(8-11)28-10-16(24)25/h1-9H,10H2,(H,24,25)(H,26,27)(H,21,22,23)/b15-9-. The summed E-state index contributed by atoms with van der Waals surface area (Å²) < 4.78 is 5.11. The van der Waals surface area contributed by atoms with E-state index in [9.17, 15) is 14.7 Å². The fourth-order valence-electron chi connectivity index (χ4n) is 2.25. The summed E-state index contributed by atoms with van der Waals surface area (Å²) in [5, 5.41) is 25.8. The Kier molecular flexibility index (Phi) is 6.53. The maximum Gasteiger partial charge on any atom is 0.342 e. The molecular formula is C19H14ClN3O5S. The normalized spacial score (nSPS) is 11.3. The second-order valence-corrected chi connectivity index (χ2v) is 7.09. The van der Waals surface area contributed by atoms with Gasteiger partial charge in [-0.1, -0.05) is 23.7 Å². The molecular weight excluding hydrogens is 418 g/mol. The van der Waals surface area contributed by atoms with Crippen LogP contribution in [0.2, 0.25) is 5.02 Å². The number of aromatic amines is 1. The van der Waals surface area contributed by atoms with Gasteiger partial charge < -0.3 is 14.9 Å². The van der Waals surface area contributed by atoms with E-state index >= 15 is 0 Å². The van der Waals surface area contributed by atoms with Gasteiger partial charge in [0.15, 0.2) is 12.4 Å². The average Bonchev–Trinajstić information content (AvgIpc) is 3.15. The molecule has 3 N–H and O–H groups in total. The monoisotopic (exact) mass is 431 g/mol. The number of hydrogen-bond acceptors (Lipinski definition) is 6. The maximum atomic E-state index is 11.6. The van der Waals surface area contributed by atoms with Crippen molar-refractivity contribution in [3.8, 4) is 17.1 Å². The minimum atomic E-state index is -1.15. The number of carbonyl (C=O) groups is 2. The zero-order valence-electron chi connectivity index (χ0n) is 14.7. The fourth-order valence-corrected chi connectivity index (χ4v) is 3.09. The third kappa shape index (κ3) is 5.84. The third-order valence-electron chi connectivity index (χ3n) is 3.51. The highest BCUT2D eigenvalue weighted by molar-refractivity contribution is 8.04. The molecule has 3 rings (SSSR count). The molecule has 0 radical (unpaired) electrons. The van der Waals surface area contributed by atoms with E-state index in [1.54, 1.807) is 48.5 Å². The number of benzene rings is 2. The third-order valence-corrected chi connectivity index (χ3v) is 4.64. The highest BCUT2D eigenvalue weighted by Gasteiger charge is 2.14. The Balaban J connectivity index is 1.79. The van der Waals surface area contributed by atoms with Gasteiger partial charge >= 0.3 is 11.9 Å². The Morgan fingerprint density at radius 3 is 2.62 bits per heavy atom. The first-order valence-electron chi connectivity index (χ1n) is 8.16. The van der Waals surface area contributed by atoms with Crippen LogP contribution in [0, 0.1) is 0 Å². The molecule has 0 unspecified atom stereocenters. The van der Waals surface area contributed by atoms with Crippen molar-refractivity contribution in [1.82, 2.24) is 15.2 Å². The number of H-pyrrole nitrogens is 1. The van der Waals surface area contributed by atoms with Crippen LogP contribution in [0.1, 0.15) is 5.56 Å². The number of rotatable bonds is 8. The summed E-state index contributed by atoms with van der Waals surface area (Å²) in [5.41, 5.74) is 1.30. The second kappa shape index (κ2) is 9.26. The minimum absolute atomic E-state index is 0.0120. The van der Waals surface area contributed by atoms with Gasteiger partial charge in [-0.05, 0) is 59.8 Å². The van der Waals surface area contributed by atoms with Crippen molar-refractivity contribution in [2.75, 3.05) is 6.61 Å². The van der Waals surface area contributed by atoms with Gasteiger partial charge in [-0.15, -0.1) is 5.10 Å². The molecule has 0 bridgehead atoms. The summed E-state index contributed by atoms with van der Waals surface area (Å²) in [4.78, 5) is 26.5. The van der Waals surface area contributed by atoms with Crippen LogP contribution in [0.4, 0.5) is 0 Å². The predicted molar refractivity (Wildman–Crippen MR) is 108 cm³/mol. The van der Waals surface area contributed by atoms with E-state index < -0.39 is 18.5 Å². The Morgan fingerprint density at radius 2 is 1.93 bits per heavy atom. The van der Waals surface area contributed by atoms with Gasteiger partial charge in [0.05, 0.1) is 0 Å². The molecule has 1 heterocycles. The molecule has 0 spiro atoms. The molecule has 29 heavy (non-hydrogen) atoms. The van der Waals surface area contributed by atoms with Crippen LogP contribution < -0.4 is 4.74 Å². The smallest absolute Gasteiger partial charge is 0.342 e. The molecule has 8 nitrogen and oxygen atoms in total. The number of aromatic nitrogens is 3. The van der Waals surface area contributed by atoms with E-state index in [1.807, 2.05) is 0 Å². The first-order valence-corrected chi connectivity index (χ1v) is 9.36. The minimum Gasteiger partial charge on any atom is -0.482 e. The van der Waals surface area contributed by atoms with Crippen molar-refractivity contribution in [2.24, 2.45) is 0 Å². The van der Waals surface area contributed by atoms with Crippen LogP contribution in [-0.4, -0.2) is 43.9 Å².